The molecule has 0 aliphatic heterocycles. The molecule has 0 saturated heterocycles. The van der Waals surface area contributed by atoms with E-state index in [-0.39, 0.29) is 22.8 Å². The topological polar surface area (TPSA) is 116 Å². The molecule has 1 aromatic heterocycles. The Hall–Kier alpha value is -3.36. The molecular formula is C19H15Cl2N5O3. The summed E-state index contributed by atoms with van der Waals surface area (Å²) in [5, 5.41) is 9.62. The number of hydrogen-bond donors (Lipinski definition) is 4. The molecule has 0 aliphatic carbocycles. The fourth-order valence-corrected chi connectivity index (χ4v) is 2.86. The van der Waals surface area contributed by atoms with Crippen molar-refractivity contribution in [3.8, 4) is 11.3 Å². The molecular weight excluding hydrogens is 417 g/mol. The van der Waals surface area contributed by atoms with E-state index in [9.17, 15) is 14.4 Å². The van der Waals surface area contributed by atoms with Crippen molar-refractivity contribution in [1.82, 2.24) is 26.4 Å². The Morgan fingerprint density at radius 1 is 0.931 bits per heavy atom. The average molecular weight is 432 g/mol. The van der Waals surface area contributed by atoms with Crippen LogP contribution < -0.4 is 16.2 Å². The van der Waals surface area contributed by atoms with Gasteiger partial charge in [0.2, 0.25) is 0 Å². The predicted molar refractivity (Wildman–Crippen MR) is 108 cm³/mol. The van der Waals surface area contributed by atoms with Crippen molar-refractivity contribution in [2.75, 3.05) is 6.54 Å². The van der Waals surface area contributed by atoms with Crippen molar-refractivity contribution in [1.29, 1.82) is 0 Å². The van der Waals surface area contributed by atoms with Gasteiger partial charge in [-0.1, -0.05) is 53.5 Å². The van der Waals surface area contributed by atoms with E-state index in [2.05, 4.69) is 26.4 Å². The lowest BCUT2D eigenvalue weighted by molar-refractivity contribution is -0.120. The number of hydrogen-bond acceptors (Lipinski definition) is 4. The number of halogens is 2. The molecule has 8 nitrogen and oxygen atoms in total. The maximum absolute atomic E-state index is 12.1. The van der Waals surface area contributed by atoms with Gasteiger partial charge in [0.1, 0.15) is 5.69 Å². The molecule has 3 rings (SSSR count). The standard InChI is InChI=1S/C19H15Cl2N5O3/c20-12-6-7-13(14(21)8-12)18(28)22-10-17(27)25-26-19(29)16-9-15(23-24-16)11-4-2-1-3-5-11/h1-9H,10H2,(H,22,28)(H,23,24)(H,25,27)(H,26,29). The number of rotatable bonds is 5. The Kier molecular flexibility index (Phi) is 6.48. The second-order valence-corrected chi connectivity index (χ2v) is 6.69. The lowest BCUT2D eigenvalue weighted by Crippen LogP contribution is -2.46. The normalized spacial score (nSPS) is 10.3. The van der Waals surface area contributed by atoms with Gasteiger partial charge in [-0.25, -0.2) is 0 Å². The Bertz CT molecular complexity index is 1050. The van der Waals surface area contributed by atoms with Crippen LogP contribution in [0.4, 0.5) is 0 Å². The average Bonchev–Trinajstić information content (AvgIpc) is 3.21. The second-order valence-electron chi connectivity index (χ2n) is 5.84. The fourth-order valence-electron chi connectivity index (χ4n) is 2.36. The molecule has 29 heavy (non-hydrogen) atoms. The number of benzene rings is 2. The number of amides is 3. The molecule has 0 unspecified atom stereocenters. The first kappa shape index (κ1) is 20.4. The van der Waals surface area contributed by atoms with Gasteiger partial charge in [-0.3, -0.25) is 30.3 Å². The molecule has 4 N–H and O–H groups in total. The van der Waals surface area contributed by atoms with Crippen LogP contribution in [0.3, 0.4) is 0 Å². The molecule has 0 radical (unpaired) electrons. The molecule has 10 heteroatoms. The smallest absolute Gasteiger partial charge is 0.287 e. The largest absolute Gasteiger partial charge is 0.343 e. The van der Waals surface area contributed by atoms with Gasteiger partial charge in [0.05, 0.1) is 22.8 Å². The van der Waals surface area contributed by atoms with Gasteiger partial charge in [0.15, 0.2) is 0 Å². The number of aromatic amines is 1. The summed E-state index contributed by atoms with van der Waals surface area (Å²) in [6.45, 7) is -0.365. The van der Waals surface area contributed by atoms with Crippen molar-refractivity contribution in [2.24, 2.45) is 0 Å². The summed E-state index contributed by atoms with van der Waals surface area (Å²) in [5.74, 6) is -1.76. The summed E-state index contributed by atoms with van der Waals surface area (Å²) in [6, 6.07) is 15.2. The third-order valence-electron chi connectivity index (χ3n) is 3.79. The molecule has 2 aromatic carbocycles. The molecule has 0 bridgehead atoms. The number of H-pyrrole nitrogens is 1. The molecule has 0 aliphatic rings. The lowest BCUT2D eigenvalue weighted by atomic mass is 10.1. The summed E-state index contributed by atoms with van der Waals surface area (Å²) in [4.78, 5) is 36.0. The van der Waals surface area contributed by atoms with E-state index in [1.165, 1.54) is 18.2 Å². The molecule has 0 spiro atoms. The summed E-state index contributed by atoms with van der Waals surface area (Å²) >= 11 is 11.7. The molecule has 1 heterocycles. The SMILES string of the molecule is O=C(CNC(=O)c1ccc(Cl)cc1Cl)NNC(=O)c1cc(-c2ccccc2)n[nH]1. The van der Waals surface area contributed by atoms with E-state index in [1.807, 2.05) is 30.3 Å². The van der Waals surface area contributed by atoms with Gasteiger partial charge in [-0.2, -0.15) is 5.10 Å². The third kappa shape index (κ3) is 5.34. The van der Waals surface area contributed by atoms with Crippen LogP contribution in [0.15, 0.2) is 54.6 Å². The Morgan fingerprint density at radius 3 is 2.41 bits per heavy atom. The zero-order chi connectivity index (χ0) is 20.8. The summed E-state index contributed by atoms with van der Waals surface area (Å²) in [7, 11) is 0. The number of nitrogens with one attached hydrogen (secondary N) is 4. The minimum Gasteiger partial charge on any atom is -0.343 e. The van der Waals surface area contributed by atoms with Crippen LogP contribution in [0.2, 0.25) is 10.0 Å². The Morgan fingerprint density at radius 2 is 1.69 bits per heavy atom. The van der Waals surface area contributed by atoms with Gasteiger partial charge < -0.3 is 5.32 Å². The highest BCUT2D eigenvalue weighted by Gasteiger charge is 2.14. The first-order valence-corrected chi connectivity index (χ1v) is 9.13. The van der Waals surface area contributed by atoms with Gasteiger partial charge in [0, 0.05) is 10.6 Å². The highest BCUT2D eigenvalue weighted by Crippen LogP contribution is 2.20. The van der Waals surface area contributed by atoms with Crippen molar-refractivity contribution in [2.45, 2.75) is 0 Å². The molecule has 3 amide bonds. The summed E-state index contributed by atoms with van der Waals surface area (Å²) in [5.41, 5.74) is 6.23. The number of carbonyl (C=O) groups excluding carboxylic acids is 3. The van der Waals surface area contributed by atoms with Gasteiger partial charge in [-0.15, -0.1) is 0 Å². The van der Waals surface area contributed by atoms with E-state index in [1.54, 1.807) is 6.07 Å². The first-order valence-electron chi connectivity index (χ1n) is 8.37. The number of hydrazine groups is 1. The van der Waals surface area contributed by atoms with E-state index in [0.717, 1.165) is 5.56 Å². The fraction of sp³-hybridized carbons (Fsp3) is 0.0526. The zero-order valence-corrected chi connectivity index (χ0v) is 16.3. The van der Waals surface area contributed by atoms with Crippen molar-refractivity contribution in [3.05, 3.63) is 75.9 Å². The van der Waals surface area contributed by atoms with E-state index in [4.69, 9.17) is 23.2 Å². The molecule has 0 saturated carbocycles. The Labute approximate surface area is 175 Å². The number of nitrogens with zero attached hydrogens (tertiary/aromatic N) is 1. The van der Waals surface area contributed by atoms with E-state index < -0.39 is 17.7 Å². The third-order valence-corrected chi connectivity index (χ3v) is 4.34. The van der Waals surface area contributed by atoms with Gasteiger partial charge in [-0.05, 0) is 24.3 Å². The minimum atomic E-state index is -0.625. The second kappa shape index (κ2) is 9.22. The van der Waals surface area contributed by atoms with Gasteiger partial charge in [0.25, 0.3) is 17.7 Å². The molecule has 3 aromatic rings. The van der Waals surface area contributed by atoms with Gasteiger partial charge >= 0.3 is 0 Å². The Balaban J connectivity index is 1.48. The van der Waals surface area contributed by atoms with Crippen LogP contribution in [0.1, 0.15) is 20.8 Å². The summed E-state index contributed by atoms with van der Waals surface area (Å²) in [6.07, 6.45) is 0. The van der Waals surface area contributed by atoms with Crippen molar-refractivity contribution >= 4 is 40.9 Å². The quantitative estimate of drug-likeness (QED) is 0.464. The highest BCUT2D eigenvalue weighted by atomic mass is 35.5. The molecule has 148 valence electrons. The van der Waals surface area contributed by atoms with Crippen LogP contribution in [0.5, 0.6) is 0 Å². The molecule has 0 fully saturated rings. The zero-order valence-electron chi connectivity index (χ0n) is 14.8. The van der Waals surface area contributed by atoms with Crippen LogP contribution >= 0.6 is 23.2 Å². The van der Waals surface area contributed by atoms with Crippen LogP contribution in [0, 0.1) is 0 Å². The maximum atomic E-state index is 12.1. The maximum Gasteiger partial charge on any atom is 0.287 e. The van der Waals surface area contributed by atoms with Crippen molar-refractivity contribution in [3.63, 3.8) is 0 Å². The number of aromatic nitrogens is 2. The van der Waals surface area contributed by atoms with Crippen LogP contribution in [-0.2, 0) is 4.79 Å². The van der Waals surface area contributed by atoms with Crippen LogP contribution in [0.25, 0.3) is 11.3 Å². The number of carbonyl (C=O) groups is 3. The lowest BCUT2D eigenvalue weighted by Gasteiger charge is -2.08. The van der Waals surface area contributed by atoms with E-state index >= 15 is 0 Å². The predicted octanol–water partition coefficient (Wildman–Crippen LogP) is 2.57. The van der Waals surface area contributed by atoms with Crippen LogP contribution in [-0.4, -0.2) is 34.5 Å². The minimum absolute atomic E-state index is 0.164. The van der Waals surface area contributed by atoms with Crippen molar-refractivity contribution < 1.29 is 14.4 Å². The highest BCUT2D eigenvalue weighted by molar-refractivity contribution is 6.36. The monoisotopic (exact) mass is 431 g/mol. The molecule has 0 atom stereocenters. The summed E-state index contributed by atoms with van der Waals surface area (Å²) < 4.78 is 0. The van der Waals surface area contributed by atoms with E-state index in [0.29, 0.717) is 10.7 Å². The first-order chi connectivity index (χ1) is 13.9.